The molecule has 0 aromatic carbocycles. The number of hydrogen-bond acceptors (Lipinski definition) is 3. The highest BCUT2D eigenvalue weighted by atomic mass is 16.4. The SMILES string of the molecule is CC1CN(C)CCC1NC(=O)CC1(C(=O)O)CCCCC1. The van der Waals surface area contributed by atoms with Gasteiger partial charge in [-0.2, -0.15) is 0 Å². The molecule has 2 fully saturated rings. The quantitative estimate of drug-likeness (QED) is 0.831. The van der Waals surface area contributed by atoms with Gasteiger partial charge in [0, 0.05) is 19.0 Å². The highest BCUT2D eigenvalue weighted by molar-refractivity contribution is 5.85. The van der Waals surface area contributed by atoms with Gasteiger partial charge in [0.05, 0.1) is 5.41 Å². The Morgan fingerprint density at radius 1 is 1.29 bits per heavy atom. The van der Waals surface area contributed by atoms with Crippen LogP contribution in [0, 0.1) is 11.3 Å². The molecule has 1 aliphatic carbocycles. The Labute approximate surface area is 127 Å². The first-order chi connectivity index (χ1) is 9.93. The van der Waals surface area contributed by atoms with Gasteiger partial charge in [-0.1, -0.05) is 26.2 Å². The van der Waals surface area contributed by atoms with Gasteiger partial charge in [-0.15, -0.1) is 0 Å². The molecule has 1 aliphatic heterocycles. The molecule has 0 aromatic heterocycles. The van der Waals surface area contributed by atoms with E-state index in [0.717, 1.165) is 38.8 Å². The third-order valence-corrected chi connectivity index (χ3v) is 5.22. The highest BCUT2D eigenvalue weighted by Gasteiger charge is 2.41. The molecule has 0 bridgehead atoms. The van der Waals surface area contributed by atoms with Crippen LogP contribution in [-0.2, 0) is 9.59 Å². The van der Waals surface area contributed by atoms with E-state index in [0.29, 0.717) is 18.8 Å². The van der Waals surface area contributed by atoms with Crippen molar-refractivity contribution >= 4 is 11.9 Å². The molecule has 2 atom stereocenters. The molecule has 0 spiro atoms. The lowest BCUT2D eigenvalue weighted by molar-refractivity contribution is -0.154. The maximum atomic E-state index is 12.3. The first-order valence-electron chi connectivity index (χ1n) is 8.14. The second-order valence-electron chi connectivity index (χ2n) is 7.03. The maximum Gasteiger partial charge on any atom is 0.310 e. The van der Waals surface area contributed by atoms with E-state index in [9.17, 15) is 14.7 Å². The molecular formula is C16H28N2O3. The molecule has 2 aliphatic rings. The number of carboxylic acid groups (broad SMARTS) is 1. The van der Waals surface area contributed by atoms with Gasteiger partial charge in [0.2, 0.25) is 5.91 Å². The number of carboxylic acids is 1. The summed E-state index contributed by atoms with van der Waals surface area (Å²) in [6.07, 6.45) is 5.29. The minimum absolute atomic E-state index is 0.0827. The minimum Gasteiger partial charge on any atom is -0.481 e. The molecular weight excluding hydrogens is 268 g/mol. The Morgan fingerprint density at radius 2 is 1.95 bits per heavy atom. The number of piperidine rings is 1. The average molecular weight is 296 g/mol. The summed E-state index contributed by atoms with van der Waals surface area (Å²) in [6, 6.07) is 0.183. The fraction of sp³-hybridized carbons (Fsp3) is 0.875. The number of amides is 1. The summed E-state index contributed by atoms with van der Waals surface area (Å²) in [4.78, 5) is 26.2. The summed E-state index contributed by atoms with van der Waals surface area (Å²) < 4.78 is 0. The number of rotatable bonds is 4. The minimum atomic E-state index is -0.822. The van der Waals surface area contributed by atoms with E-state index in [2.05, 4.69) is 24.2 Å². The van der Waals surface area contributed by atoms with Gasteiger partial charge in [-0.05, 0) is 38.8 Å². The summed E-state index contributed by atoms with van der Waals surface area (Å²) in [5, 5.41) is 12.6. The van der Waals surface area contributed by atoms with Crippen molar-refractivity contribution < 1.29 is 14.7 Å². The number of nitrogens with zero attached hydrogens (tertiary/aromatic N) is 1. The normalized spacial score (nSPS) is 29.8. The van der Waals surface area contributed by atoms with Crippen molar-refractivity contribution in [2.45, 2.75) is 57.9 Å². The van der Waals surface area contributed by atoms with Gasteiger partial charge in [-0.25, -0.2) is 0 Å². The Bertz CT molecular complexity index is 391. The van der Waals surface area contributed by atoms with Crippen LogP contribution < -0.4 is 5.32 Å². The van der Waals surface area contributed by atoms with Crippen LogP contribution in [-0.4, -0.2) is 48.1 Å². The van der Waals surface area contributed by atoms with Crippen molar-refractivity contribution in [2.24, 2.45) is 11.3 Å². The zero-order chi connectivity index (χ0) is 15.5. The molecule has 5 heteroatoms. The van der Waals surface area contributed by atoms with Gasteiger partial charge in [0.15, 0.2) is 0 Å². The highest BCUT2D eigenvalue weighted by Crippen LogP contribution is 2.39. The number of carbonyl (C=O) groups is 2. The van der Waals surface area contributed by atoms with Crippen molar-refractivity contribution in [1.82, 2.24) is 10.2 Å². The third-order valence-electron chi connectivity index (χ3n) is 5.22. The van der Waals surface area contributed by atoms with E-state index in [1.807, 2.05) is 0 Å². The van der Waals surface area contributed by atoms with Crippen LogP contribution in [0.2, 0.25) is 0 Å². The number of carbonyl (C=O) groups excluding carboxylic acids is 1. The van der Waals surface area contributed by atoms with Crippen LogP contribution in [0.4, 0.5) is 0 Å². The summed E-state index contributed by atoms with van der Waals surface area (Å²) in [6.45, 7) is 4.11. The zero-order valence-electron chi connectivity index (χ0n) is 13.2. The van der Waals surface area contributed by atoms with E-state index >= 15 is 0 Å². The lowest BCUT2D eigenvalue weighted by atomic mass is 9.71. The molecule has 1 saturated carbocycles. The first-order valence-corrected chi connectivity index (χ1v) is 8.14. The van der Waals surface area contributed by atoms with Crippen molar-refractivity contribution in [2.75, 3.05) is 20.1 Å². The van der Waals surface area contributed by atoms with Gasteiger partial charge in [0.25, 0.3) is 0 Å². The molecule has 0 radical (unpaired) electrons. The molecule has 1 heterocycles. The summed E-state index contributed by atoms with van der Waals surface area (Å²) in [5.41, 5.74) is -0.822. The Kier molecular flexibility index (Phi) is 5.25. The molecule has 2 unspecified atom stereocenters. The van der Waals surface area contributed by atoms with Crippen LogP contribution >= 0.6 is 0 Å². The molecule has 21 heavy (non-hydrogen) atoms. The second kappa shape index (κ2) is 6.77. The zero-order valence-corrected chi connectivity index (χ0v) is 13.2. The van der Waals surface area contributed by atoms with E-state index in [-0.39, 0.29) is 18.4 Å². The standard InChI is InChI=1S/C16H28N2O3/c1-12-11-18(2)9-6-13(12)17-14(19)10-16(15(20)21)7-4-3-5-8-16/h12-13H,3-11H2,1-2H3,(H,17,19)(H,20,21). The van der Waals surface area contributed by atoms with Gasteiger partial charge in [-0.3, -0.25) is 9.59 Å². The molecule has 0 aromatic rings. The van der Waals surface area contributed by atoms with Crippen molar-refractivity contribution in [1.29, 1.82) is 0 Å². The van der Waals surface area contributed by atoms with Crippen LogP contribution in [0.15, 0.2) is 0 Å². The lowest BCUT2D eigenvalue weighted by Gasteiger charge is -2.37. The van der Waals surface area contributed by atoms with Crippen LogP contribution in [0.5, 0.6) is 0 Å². The third kappa shape index (κ3) is 3.96. The topological polar surface area (TPSA) is 69.6 Å². The van der Waals surface area contributed by atoms with Gasteiger partial charge < -0.3 is 15.3 Å². The molecule has 1 amide bonds. The van der Waals surface area contributed by atoms with Crippen molar-refractivity contribution in [3.05, 3.63) is 0 Å². The van der Waals surface area contributed by atoms with E-state index in [4.69, 9.17) is 0 Å². The van der Waals surface area contributed by atoms with Gasteiger partial charge in [0.1, 0.15) is 0 Å². The summed E-state index contributed by atoms with van der Waals surface area (Å²) in [7, 11) is 2.09. The number of nitrogens with one attached hydrogen (secondary N) is 1. The smallest absolute Gasteiger partial charge is 0.310 e. The van der Waals surface area contributed by atoms with Crippen LogP contribution in [0.25, 0.3) is 0 Å². The first kappa shape index (κ1) is 16.3. The van der Waals surface area contributed by atoms with Gasteiger partial charge >= 0.3 is 5.97 Å². The average Bonchev–Trinajstić information content (AvgIpc) is 2.43. The largest absolute Gasteiger partial charge is 0.481 e. The Hall–Kier alpha value is -1.10. The van der Waals surface area contributed by atoms with Crippen LogP contribution in [0.3, 0.4) is 0 Å². The Morgan fingerprint density at radius 3 is 2.52 bits per heavy atom. The number of aliphatic carboxylic acids is 1. The molecule has 120 valence electrons. The van der Waals surface area contributed by atoms with Crippen molar-refractivity contribution in [3.63, 3.8) is 0 Å². The summed E-state index contributed by atoms with van der Waals surface area (Å²) in [5.74, 6) is -0.464. The fourth-order valence-electron chi connectivity index (χ4n) is 3.83. The second-order valence-corrected chi connectivity index (χ2v) is 7.03. The number of hydrogen-bond donors (Lipinski definition) is 2. The van der Waals surface area contributed by atoms with E-state index in [1.165, 1.54) is 0 Å². The molecule has 1 saturated heterocycles. The van der Waals surface area contributed by atoms with E-state index in [1.54, 1.807) is 0 Å². The van der Waals surface area contributed by atoms with Crippen molar-refractivity contribution in [3.8, 4) is 0 Å². The summed E-state index contributed by atoms with van der Waals surface area (Å²) >= 11 is 0. The number of likely N-dealkylation sites (tertiary alicyclic amines) is 1. The van der Waals surface area contributed by atoms with E-state index < -0.39 is 11.4 Å². The monoisotopic (exact) mass is 296 g/mol. The fourth-order valence-corrected chi connectivity index (χ4v) is 3.83. The predicted molar refractivity (Wildman–Crippen MR) is 81.0 cm³/mol. The Balaban J connectivity index is 1.92. The molecule has 2 rings (SSSR count). The molecule has 2 N–H and O–H groups in total. The predicted octanol–water partition coefficient (Wildman–Crippen LogP) is 1.87. The molecule has 5 nitrogen and oxygen atoms in total. The lowest BCUT2D eigenvalue weighted by Crippen LogP contribution is -2.50. The maximum absolute atomic E-state index is 12.3. The van der Waals surface area contributed by atoms with Crippen LogP contribution in [0.1, 0.15) is 51.9 Å².